The van der Waals surface area contributed by atoms with Gasteiger partial charge in [0.15, 0.2) is 9.84 Å². The Morgan fingerprint density at radius 2 is 1.70 bits per heavy atom. The number of benzene rings is 2. The molecule has 0 bridgehead atoms. The van der Waals surface area contributed by atoms with Crippen LogP contribution in [-0.2, 0) is 9.84 Å². The predicted molar refractivity (Wildman–Crippen MR) is 77.1 cm³/mol. The van der Waals surface area contributed by atoms with E-state index in [-0.39, 0.29) is 10.5 Å². The first-order valence-corrected chi connectivity index (χ1v) is 8.39. The van der Waals surface area contributed by atoms with Gasteiger partial charge in [-0.3, -0.25) is 0 Å². The van der Waals surface area contributed by atoms with E-state index in [9.17, 15) is 13.2 Å². The lowest BCUT2D eigenvalue weighted by atomic mass is 10.2. The van der Waals surface area contributed by atoms with Gasteiger partial charge < -0.3 is 5.11 Å². The molecule has 4 nitrogen and oxygen atoms in total. The monoisotopic (exact) mass is 308 g/mol. The summed E-state index contributed by atoms with van der Waals surface area (Å²) >= 11 is 1.23. The Hall–Kier alpha value is -1.79. The molecular weight excluding hydrogens is 296 g/mol. The van der Waals surface area contributed by atoms with Crippen molar-refractivity contribution in [2.24, 2.45) is 0 Å². The second-order valence-corrected chi connectivity index (χ2v) is 7.19. The quantitative estimate of drug-likeness (QED) is 0.940. The van der Waals surface area contributed by atoms with Gasteiger partial charge in [0, 0.05) is 16.0 Å². The fourth-order valence-electron chi connectivity index (χ4n) is 1.76. The maximum absolute atomic E-state index is 11.9. The fraction of sp³-hybridized carbons (Fsp3) is 0.0714. The Kier molecular flexibility index (Phi) is 4.15. The van der Waals surface area contributed by atoms with E-state index in [2.05, 4.69) is 0 Å². The molecule has 0 unspecified atom stereocenters. The van der Waals surface area contributed by atoms with E-state index in [0.29, 0.717) is 4.90 Å². The third-order valence-electron chi connectivity index (χ3n) is 2.55. The molecule has 0 aromatic heterocycles. The summed E-state index contributed by atoms with van der Waals surface area (Å²) in [4.78, 5) is 12.3. The Morgan fingerprint density at radius 1 is 1.05 bits per heavy atom. The van der Waals surface area contributed by atoms with E-state index in [1.165, 1.54) is 17.8 Å². The Morgan fingerprint density at radius 3 is 2.25 bits per heavy atom. The topological polar surface area (TPSA) is 71.4 Å². The largest absolute Gasteiger partial charge is 0.478 e. The summed E-state index contributed by atoms with van der Waals surface area (Å²) < 4.78 is 23.8. The second-order valence-electron chi connectivity index (χ2n) is 4.13. The van der Waals surface area contributed by atoms with Crippen molar-refractivity contribution in [3.63, 3.8) is 0 Å². The summed E-state index contributed by atoms with van der Waals surface area (Å²) in [7, 11) is -3.63. The summed E-state index contributed by atoms with van der Waals surface area (Å²) in [6.45, 7) is 0. The molecule has 0 fully saturated rings. The van der Waals surface area contributed by atoms with E-state index < -0.39 is 15.8 Å². The maximum Gasteiger partial charge on any atom is 0.337 e. The summed E-state index contributed by atoms with van der Waals surface area (Å²) in [5, 5.41) is 9.15. The lowest BCUT2D eigenvalue weighted by molar-refractivity contribution is 0.0692. The molecule has 0 radical (unpaired) electrons. The third-order valence-corrected chi connectivity index (χ3v) is 4.93. The molecule has 0 aliphatic rings. The molecule has 20 heavy (non-hydrogen) atoms. The van der Waals surface area contributed by atoms with Crippen LogP contribution in [0.5, 0.6) is 0 Å². The summed E-state index contributed by atoms with van der Waals surface area (Å²) in [6, 6.07) is 13.7. The van der Waals surface area contributed by atoms with Crippen LogP contribution >= 0.6 is 11.8 Å². The molecule has 6 heteroatoms. The van der Waals surface area contributed by atoms with Crippen LogP contribution in [-0.4, -0.2) is 25.7 Å². The zero-order chi connectivity index (χ0) is 14.8. The van der Waals surface area contributed by atoms with Crippen LogP contribution in [0.25, 0.3) is 0 Å². The van der Waals surface area contributed by atoms with Gasteiger partial charge in [0.1, 0.15) is 0 Å². The number of carbonyl (C=O) groups is 1. The van der Waals surface area contributed by atoms with Gasteiger partial charge >= 0.3 is 5.97 Å². The second kappa shape index (κ2) is 5.68. The number of carboxylic acids is 1. The first kappa shape index (κ1) is 14.6. The van der Waals surface area contributed by atoms with Crippen molar-refractivity contribution in [2.75, 3.05) is 6.26 Å². The minimum absolute atomic E-state index is 0.138. The lowest BCUT2D eigenvalue weighted by Gasteiger charge is -2.10. The number of hydrogen-bond acceptors (Lipinski definition) is 4. The molecular formula is C14H12O4S2. The van der Waals surface area contributed by atoms with Gasteiger partial charge in [-0.15, -0.1) is 0 Å². The van der Waals surface area contributed by atoms with E-state index in [4.69, 9.17) is 5.11 Å². The van der Waals surface area contributed by atoms with E-state index in [1.807, 2.05) is 30.3 Å². The van der Waals surface area contributed by atoms with Crippen molar-refractivity contribution < 1.29 is 18.3 Å². The highest BCUT2D eigenvalue weighted by atomic mass is 32.2. The number of hydrogen-bond donors (Lipinski definition) is 1. The minimum Gasteiger partial charge on any atom is -0.478 e. The molecule has 0 amide bonds. The van der Waals surface area contributed by atoms with Crippen LogP contribution in [0.4, 0.5) is 0 Å². The van der Waals surface area contributed by atoms with Gasteiger partial charge in [-0.05, 0) is 24.3 Å². The van der Waals surface area contributed by atoms with Gasteiger partial charge in [-0.25, -0.2) is 13.2 Å². The van der Waals surface area contributed by atoms with Gasteiger partial charge in [-0.2, -0.15) is 0 Å². The van der Waals surface area contributed by atoms with Crippen molar-refractivity contribution in [2.45, 2.75) is 14.7 Å². The van der Waals surface area contributed by atoms with E-state index in [1.54, 1.807) is 12.1 Å². The van der Waals surface area contributed by atoms with Crippen molar-refractivity contribution in [1.82, 2.24) is 0 Å². The molecule has 2 aromatic carbocycles. The van der Waals surface area contributed by atoms with Gasteiger partial charge in [0.25, 0.3) is 0 Å². The normalized spacial score (nSPS) is 11.2. The summed E-state index contributed by atoms with van der Waals surface area (Å²) in [5.41, 5.74) is -0.201. The van der Waals surface area contributed by atoms with E-state index >= 15 is 0 Å². The summed E-state index contributed by atoms with van der Waals surface area (Å²) in [5.74, 6) is -1.25. The highest BCUT2D eigenvalue weighted by molar-refractivity contribution is 8.00. The van der Waals surface area contributed by atoms with Crippen LogP contribution in [0.3, 0.4) is 0 Å². The third kappa shape index (κ3) is 3.20. The molecule has 2 aromatic rings. The minimum atomic E-state index is -3.63. The molecule has 0 aliphatic heterocycles. The van der Waals surface area contributed by atoms with Crippen LogP contribution in [0, 0.1) is 0 Å². The molecule has 0 heterocycles. The molecule has 2 rings (SSSR count). The zero-order valence-corrected chi connectivity index (χ0v) is 12.2. The number of aromatic carboxylic acids is 1. The molecule has 0 aliphatic carbocycles. The first-order valence-electron chi connectivity index (χ1n) is 5.69. The summed E-state index contributed by atoms with van der Waals surface area (Å²) in [6.07, 6.45) is 1.02. The van der Waals surface area contributed by atoms with Crippen molar-refractivity contribution in [1.29, 1.82) is 0 Å². The SMILES string of the molecule is CS(=O)(=O)c1c(Sc2ccccc2)cccc1C(=O)O. The van der Waals surface area contributed by atoms with Crippen molar-refractivity contribution >= 4 is 27.6 Å². The van der Waals surface area contributed by atoms with Gasteiger partial charge in [-0.1, -0.05) is 36.0 Å². The predicted octanol–water partition coefficient (Wildman–Crippen LogP) is 2.94. The molecule has 1 N–H and O–H groups in total. The van der Waals surface area contributed by atoms with Gasteiger partial charge in [0.2, 0.25) is 0 Å². The first-order chi connectivity index (χ1) is 9.39. The fourth-order valence-corrected chi connectivity index (χ4v) is 4.23. The zero-order valence-electron chi connectivity index (χ0n) is 10.6. The number of rotatable bonds is 4. The number of carboxylic acid groups (broad SMARTS) is 1. The number of sulfone groups is 1. The van der Waals surface area contributed by atoms with Crippen LogP contribution in [0.1, 0.15) is 10.4 Å². The highest BCUT2D eigenvalue weighted by Gasteiger charge is 2.22. The van der Waals surface area contributed by atoms with Crippen molar-refractivity contribution in [3.8, 4) is 0 Å². The highest BCUT2D eigenvalue weighted by Crippen LogP contribution is 2.34. The molecule has 0 atom stereocenters. The lowest BCUT2D eigenvalue weighted by Crippen LogP contribution is -2.09. The molecule has 0 saturated carbocycles. The smallest absolute Gasteiger partial charge is 0.337 e. The Labute approximate surface area is 121 Å². The Bertz CT molecular complexity index is 737. The standard InChI is InChI=1S/C14H12O4S2/c1-20(17,18)13-11(14(15)16)8-5-9-12(13)19-10-6-3-2-4-7-10/h2-9H,1H3,(H,15,16). The Balaban J connectivity index is 2.59. The van der Waals surface area contributed by atoms with Crippen molar-refractivity contribution in [3.05, 3.63) is 54.1 Å². The average molecular weight is 308 g/mol. The molecule has 104 valence electrons. The maximum atomic E-state index is 11.9. The molecule has 0 saturated heterocycles. The molecule has 0 spiro atoms. The van der Waals surface area contributed by atoms with Gasteiger partial charge in [0.05, 0.1) is 10.5 Å². The van der Waals surface area contributed by atoms with Crippen LogP contribution in [0.15, 0.2) is 63.2 Å². The average Bonchev–Trinajstić information content (AvgIpc) is 2.38. The van der Waals surface area contributed by atoms with Crippen LogP contribution < -0.4 is 0 Å². The van der Waals surface area contributed by atoms with E-state index in [0.717, 1.165) is 11.2 Å². The van der Waals surface area contributed by atoms with Crippen LogP contribution in [0.2, 0.25) is 0 Å².